The summed E-state index contributed by atoms with van der Waals surface area (Å²) in [6.45, 7) is 6.35. The Morgan fingerprint density at radius 3 is 2.40 bits per heavy atom. The van der Waals surface area contributed by atoms with Crippen LogP contribution in [-0.2, 0) is 6.42 Å². The van der Waals surface area contributed by atoms with E-state index in [0.29, 0.717) is 5.89 Å². The number of benzene rings is 2. The van der Waals surface area contributed by atoms with E-state index in [1.807, 2.05) is 6.07 Å². The molecule has 0 amide bonds. The molecule has 0 spiro atoms. The highest BCUT2D eigenvalue weighted by Crippen LogP contribution is 2.41. The minimum atomic E-state index is 0.545. The maximum absolute atomic E-state index is 5.56. The molecule has 0 saturated carbocycles. The Kier molecular flexibility index (Phi) is 4.75. The summed E-state index contributed by atoms with van der Waals surface area (Å²) in [5.41, 5.74) is 9.82. The Morgan fingerprint density at radius 1 is 0.867 bits per heavy atom. The van der Waals surface area contributed by atoms with Crippen LogP contribution in [0.2, 0.25) is 0 Å². The molecule has 0 N–H and O–H groups in total. The van der Waals surface area contributed by atoms with Crippen LogP contribution >= 0.6 is 0 Å². The number of rotatable bonds is 4. The molecule has 2 aromatic carbocycles. The molecular weight excluding hydrogens is 370 g/mol. The van der Waals surface area contributed by atoms with Crippen LogP contribution in [0.25, 0.3) is 23.1 Å². The standard InChI is InChI=1S/C26H24N3O/c1-3-29(4-2)21-14-20-13-18-9-5-6-10-19(18)15-24(20)25(16-21)22-11-7-8-12-23(22)26-28-27-17-30-26/h5-12,14-17H,3-4,13H2,1-2H3/q+1. The third-order valence-corrected chi connectivity index (χ3v) is 5.92. The van der Waals surface area contributed by atoms with Gasteiger partial charge in [0, 0.05) is 17.7 Å². The molecular formula is C26H24N3O+. The van der Waals surface area contributed by atoms with Gasteiger partial charge < -0.3 is 4.42 Å². The first-order chi connectivity index (χ1) is 14.8. The average molecular weight is 394 g/mol. The SMILES string of the molecule is CC[N+](CC)=C1C=C2Cc3ccccc3C=C2C(c2ccccc2-c2nnco2)=C1. The van der Waals surface area contributed by atoms with Crippen molar-refractivity contribution in [1.29, 1.82) is 0 Å². The molecule has 2 aliphatic carbocycles. The van der Waals surface area contributed by atoms with Crippen molar-refractivity contribution in [2.24, 2.45) is 0 Å². The predicted octanol–water partition coefficient (Wildman–Crippen LogP) is 5.19. The van der Waals surface area contributed by atoms with Gasteiger partial charge in [0.25, 0.3) is 0 Å². The number of hydrogen-bond acceptors (Lipinski definition) is 3. The van der Waals surface area contributed by atoms with Gasteiger partial charge in [-0.3, -0.25) is 0 Å². The summed E-state index contributed by atoms with van der Waals surface area (Å²) < 4.78 is 7.96. The summed E-state index contributed by atoms with van der Waals surface area (Å²) in [5, 5.41) is 8.06. The van der Waals surface area contributed by atoms with Gasteiger partial charge in [0.1, 0.15) is 13.1 Å². The first-order valence-electron chi connectivity index (χ1n) is 10.5. The molecule has 2 aliphatic rings. The molecule has 4 nitrogen and oxygen atoms in total. The van der Waals surface area contributed by atoms with Gasteiger partial charge >= 0.3 is 0 Å². The third kappa shape index (κ3) is 3.14. The van der Waals surface area contributed by atoms with Gasteiger partial charge in [-0.15, -0.1) is 10.2 Å². The molecule has 0 bridgehead atoms. The van der Waals surface area contributed by atoms with Crippen LogP contribution in [0.1, 0.15) is 30.5 Å². The van der Waals surface area contributed by atoms with Crippen LogP contribution in [0.4, 0.5) is 0 Å². The van der Waals surface area contributed by atoms with Gasteiger partial charge in [-0.1, -0.05) is 42.5 Å². The molecule has 1 heterocycles. The maximum Gasteiger partial charge on any atom is 0.248 e. The highest BCUT2D eigenvalue weighted by Gasteiger charge is 2.27. The number of nitrogens with zero attached hydrogens (tertiary/aromatic N) is 3. The topological polar surface area (TPSA) is 41.9 Å². The van der Waals surface area contributed by atoms with Crippen LogP contribution in [0.15, 0.2) is 82.6 Å². The Hall–Kier alpha value is -3.53. The number of hydrogen-bond donors (Lipinski definition) is 0. The van der Waals surface area contributed by atoms with Crippen molar-refractivity contribution in [3.63, 3.8) is 0 Å². The quantitative estimate of drug-likeness (QED) is 0.572. The Labute approximate surface area is 176 Å². The molecule has 0 radical (unpaired) electrons. The molecule has 4 heteroatoms. The Morgan fingerprint density at radius 2 is 1.63 bits per heavy atom. The molecule has 148 valence electrons. The first-order valence-corrected chi connectivity index (χ1v) is 10.5. The summed E-state index contributed by atoms with van der Waals surface area (Å²) in [5.74, 6) is 0.545. The van der Waals surface area contributed by atoms with E-state index in [1.165, 1.54) is 40.0 Å². The minimum absolute atomic E-state index is 0.545. The second-order valence-electron chi connectivity index (χ2n) is 7.55. The van der Waals surface area contributed by atoms with Gasteiger partial charge in [0.05, 0.1) is 0 Å². The minimum Gasteiger partial charge on any atom is -0.423 e. The highest BCUT2D eigenvalue weighted by molar-refractivity contribution is 6.14. The van der Waals surface area contributed by atoms with Crippen molar-refractivity contribution in [1.82, 2.24) is 10.2 Å². The second-order valence-corrected chi connectivity index (χ2v) is 7.55. The van der Waals surface area contributed by atoms with Crippen LogP contribution in [0.5, 0.6) is 0 Å². The van der Waals surface area contributed by atoms with E-state index in [0.717, 1.165) is 30.6 Å². The normalized spacial score (nSPS) is 15.0. The van der Waals surface area contributed by atoms with Crippen LogP contribution in [0.3, 0.4) is 0 Å². The van der Waals surface area contributed by atoms with E-state index in [1.54, 1.807) is 0 Å². The van der Waals surface area contributed by atoms with Crippen molar-refractivity contribution in [2.75, 3.05) is 13.1 Å². The van der Waals surface area contributed by atoms with E-state index >= 15 is 0 Å². The largest absolute Gasteiger partial charge is 0.423 e. The van der Waals surface area contributed by atoms with Crippen molar-refractivity contribution in [3.8, 4) is 11.5 Å². The lowest BCUT2D eigenvalue weighted by Gasteiger charge is -2.26. The van der Waals surface area contributed by atoms with E-state index in [2.05, 4.69) is 89.3 Å². The van der Waals surface area contributed by atoms with Crippen molar-refractivity contribution >= 4 is 17.4 Å². The predicted molar refractivity (Wildman–Crippen MR) is 120 cm³/mol. The fourth-order valence-corrected chi connectivity index (χ4v) is 4.40. The van der Waals surface area contributed by atoms with E-state index < -0.39 is 0 Å². The van der Waals surface area contributed by atoms with Gasteiger partial charge in [-0.25, -0.2) is 4.58 Å². The summed E-state index contributed by atoms with van der Waals surface area (Å²) >= 11 is 0. The molecule has 0 saturated heterocycles. The molecule has 1 aromatic heterocycles. The highest BCUT2D eigenvalue weighted by atomic mass is 16.4. The Balaban J connectivity index is 1.76. The molecule has 0 aliphatic heterocycles. The Bertz CT molecular complexity index is 1220. The third-order valence-electron chi connectivity index (χ3n) is 5.92. The summed E-state index contributed by atoms with van der Waals surface area (Å²) in [7, 11) is 0. The lowest BCUT2D eigenvalue weighted by molar-refractivity contribution is -0.519. The van der Waals surface area contributed by atoms with Crippen molar-refractivity contribution < 1.29 is 8.99 Å². The average Bonchev–Trinajstić information content (AvgIpc) is 3.33. The molecule has 0 unspecified atom stereocenters. The summed E-state index contributed by atoms with van der Waals surface area (Å²) in [4.78, 5) is 0. The zero-order valence-corrected chi connectivity index (χ0v) is 17.3. The van der Waals surface area contributed by atoms with Gasteiger partial charge in [0.15, 0.2) is 0 Å². The van der Waals surface area contributed by atoms with Gasteiger partial charge in [0.2, 0.25) is 18.0 Å². The first kappa shape index (κ1) is 18.5. The number of aromatic nitrogens is 2. The maximum atomic E-state index is 5.56. The second kappa shape index (κ2) is 7.71. The monoisotopic (exact) mass is 394 g/mol. The molecule has 5 rings (SSSR count). The van der Waals surface area contributed by atoms with E-state index in [4.69, 9.17) is 4.42 Å². The smallest absolute Gasteiger partial charge is 0.248 e. The molecule has 3 aromatic rings. The lowest BCUT2D eigenvalue weighted by Crippen LogP contribution is -2.22. The fourth-order valence-electron chi connectivity index (χ4n) is 4.40. The van der Waals surface area contributed by atoms with E-state index in [9.17, 15) is 0 Å². The summed E-state index contributed by atoms with van der Waals surface area (Å²) in [6.07, 6.45) is 9.31. The van der Waals surface area contributed by atoms with Crippen LogP contribution in [0, 0.1) is 0 Å². The number of fused-ring (bicyclic) bond motifs is 2. The zero-order chi connectivity index (χ0) is 20.5. The fraction of sp³-hybridized carbons (Fsp3) is 0.192. The van der Waals surface area contributed by atoms with Crippen molar-refractivity contribution in [3.05, 3.63) is 94.9 Å². The number of allylic oxidation sites excluding steroid dienone is 5. The lowest BCUT2D eigenvalue weighted by atomic mass is 9.78. The molecule has 30 heavy (non-hydrogen) atoms. The zero-order valence-electron chi connectivity index (χ0n) is 17.3. The molecule has 0 atom stereocenters. The van der Waals surface area contributed by atoms with E-state index in [-0.39, 0.29) is 0 Å². The van der Waals surface area contributed by atoms with Gasteiger partial charge in [-0.05, 0) is 65.8 Å². The van der Waals surface area contributed by atoms with Gasteiger partial charge in [-0.2, -0.15) is 0 Å². The van der Waals surface area contributed by atoms with Crippen LogP contribution in [-0.4, -0.2) is 33.6 Å². The van der Waals surface area contributed by atoms with Crippen molar-refractivity contribution in [2.45, 2.75) is 20.3 Å². The molecule has 0 fully saturated rings. The summed E-state index contributed by atoms with van der Waals surface area (Å²) in [6, 6.07) is 16.9. The van der Waals surface area contributed by atoms with Crippen LogP contribution < -0.4 is 0 Å².